The lowest BCUT2D eigenvalue weighted by Crippen LogP contribution is -2.29. The SMILES string of the molecule is O=C1c2ccccc2C(=O)N1c1ccc(N=Cc2cc(Br)cc([N+](=O)[O-])c2O)c(Cl)c1. The number of carbonyl (C=O) groups is 2. The molecule has 3 aromatic rings. The third-order valence-electron chi connectivity index (χ3n) is 4.61. The lowest BCUT2D eigenvalue weighted by atomic mass is 10.1. The van der Waals surface area contributed by atoms with Gasteiger partial charge in [0.15, 0.2) is 0 Å². The Kier molecular flexibility index (Phi) is 5.30. The summed E-state index contributed by atoms with van der Waals surface area (Å²) >= 11 is 9.44. The number of fused-ring (bicyclic) bond motifs is 1. The van der Waals surface area contributed by atoms with E-state index in [0.29, 0.717) is 15.6 Å². The first-order valence-electron chi connectivity index (χ1n) is 8.76. The Balaban J connectivity index is 1.65. The van der Waals surface area contributed by atoms with Gasteiger partial charge in [0.2, 0.25) is 5.75 Å². The van der Waals surface area contributed by atoms with Crippen molar-refractivity contribution >= 4 is 62.6 Å². The highest BCUT2D eigenvalue weighted by molar-refractivity contribution is 9.10. The highest BCUT2D eigenvalue weighted by Gasteiger charge is 2.36. The largest absolute Gasteiger partial charge is 0.502 e. The van der Waals surface area contributed by atoms with Crippen LogP contribution in [0, 0.1) is 10.1 Å². The van der Waals surface area contributed by atoms with E-state index in [2.05, 4.69) is 20.9 Å². The van der Waals surface area contributed by atoms with E-state index in [1.165, 1.54) is 36.5 Å². The number of nitro groups is 1. The monoisotopic (exact) mass is 499 g/mol. The molecule has 0 aromatic heterocycles. The summed E-state index contributed by atoms with van der Waals surface area (Å²) in [7, 11) is 0. The first-order valence-corrected chi connectivity index (χ1v) is 9.93. The molecule has 1 heterocycles. The third-order valence-corrected chi connectivity index (χ3v) is 5.37. The van der Waals surface area contributed by atoms with Crippen LogP contribution < -0.4 is 4.90 Å². The molecule has 1 aliphatic heterocycles. The molecule has 2 amide bonds. The van der Waals surface area contributed by atoms with E-state index in [4.69, 9.17) is 11.6 Å². The molecule has 8 nitrogen and oxygen atoms in total. The summed E-state index contributed by atoms with van der Waals surface area (Å²) in [6.07, 6.45) is 1.23. The van der Waals surface area contributed by atoms with E-state index in [9.17, 15) is 24.8 Å². The summed E-state index contributed by atoms with van der Waals surface area (Å²) in [5.74, 6) is -1.42. The molecule has 0 atom stereocenters. The Hall–Kier alpha value is -3.56. The molecule has 154 valence electrons. The second-order valence-electron chi connectivity index (χ2n) is 6.51. The fraction of sp³-hybridized carbons (Fsp3) is 0. The first-order chi connectivity index (χ1) is 14.8. The number of hydrogen-bond donors (Lipinski definition) is 1. The van der Waals surface area contributed by atoms with Gasteiger partial charge in [0, 0.05) is 22.3 Å². The number of halogens is 2. The fourth-order valence-corrected chi connectivity index (χ4v) is 3.83. The molecule has 0 saturated carbocycles. The average molecular weight is 501 g/mol. The normalized spacial score (nSPS) is 13.2. The van der Waals surface area contributed by atoms with Crippen molar-refractivity contribution in [1.82, 2.24) is 0 Å². The van der Waals surface area contributed by atoms with Gasteiger partial charge in [-0.2, -0.15) is 0 Å². The van der Waals surface area contributed by atoms with Gasteiger partial charge in [-0.25, -0.2) is 4.90 Å². The lowest BCUT2D eigenvalue weighted by Gasteiger charge is -2.14. The Morgan fingerprint density at radius 1 is 1.06 bits per heavy atom. The van der Waals surface area contributed by atoms with Crippen molar-refractivity contribution in [2.45, 2.75) is 0 Å². The maximum Gasteiger partial charge on any atom is 0.312 e. The number of carbonyl (C=O) groups excluding carboxylic acids is 2. The summed E-state index contributed by atoms with van der Waals surface area (Å²) in [6.45, 7) is 0. The molecular formula is C21H11BrClN3O5. The van der Waals surface area contributed by atoms with E-state index in [0.717, 1.165) is 4.90 Å². The fourth-order valence-electron chi connectivity index (χ4n) is 3.15. The predicted octanol–water partition coefficient (Wildman–Crippen LogP) is 5.27. The molecule has 1 N–H and O–H groups in total. The summed E-state index contributed by atoms with van der Waals surface area (Å²) in [4.78, 5) is 40.8. The molecule has 0 bridgehead atoms. The maximum absolute atomic E-state index is 12.6. The number of imide groups is 1. The van der Waals surface area contributed by atoms with Gasteiger partial charge in [0.25, 0.3) is 11.8 Å². The van der Waals surface area contributed by atoms with Gasteiger partial charge in [-0.05, 0) is 36.4 Å². The number of rotatable bonds is 4. The second kappa shape index (κ2) is 7.93. The van der Waals surface area contributed by atoms with Crippen molar-refractivity contribution in [3.05, 3.63) is 90.9 Å². The van der Waals surface area contributed by atoms with Gasteiger partial charge in [-0.1, -0.05) is 39.7 Å². The molecular weight excluding hydrogens is 490 g/mol. The third kappa shape index (κ3) is 3.69. The number of anilines is 1. The smallest absolute Gasteiger partial charge is 0.312 e. The Bertz CT molecular complexity index is 1270. The first kappa shape index (κ1) is 20.7. The van der Waals surface area contributed by atoms with Crippen LogP contribution in [0.2, 0.25) is 5.02 Å². The van der Waals surface area contributed by atoms with Crippen LogP contribution >= 0.6 is 27.5 Å². The number of aromatic hydroxyl groups is 1. The molecule has 31 heavy (non-hydrogen) atoms. The number of amides is 2. The molecule has 10 heteroatoms. The van der Waals surface area contributed by atoms with Crippen molar-refractivity contribution in [2.24, 2.45) is 4.99 Å². The molecule has 3 aromatic carbocycles. The Morgan fingerprint density at radius 2 is 1.71 bits per heavy atom. The quantitative estimate of drug-likeness (QED) is 0.227. The van der Waals surface area contributed by atoms with Crippen molar-refractivity contribution in [2.75, 3.05) is 4.90 Å². The second-order valence-corrected chi connectivity index (χ2v) is 7.83. The Labute approximate surface area is 188 Å². The lowest BCUT2D eigenvalue weighted by molar-refractivity contribution is -0.385. The average Bonchev–Trinajstić information content (AvgIpc) is 2.99. The van der Waals surface area contributed by atoms with Crippen LogP contribution in [0.3, 0.4) is 0 Å². The van der Waals surface area contributed by atoms with Crippen molar-refractivity contribution in [1.29, 1.82) is 0 Å². The van der Waals surface area contributed by atoms with Crippen LogP contribution in [0.4, 0.5) is 17.1 Å². The van der Waals surface area contributed by atoms with Crippen LogP contribution in [0.15, 0.2) is 64.1 Å². The Morgan fingerprint density at radius 3 is 2.29 bits per heavy atom. The maximum atomic E-state index is 12.6. The van der Waals surface area contributed by atoms with E-state index >= 15 is 0 Å². The minimum atomic E-state index is -0.707. The van der Waals surface area contributed by atoms with Crippen LogP contribution in [0.5, 0.6) is 5.75 Å². The molecule has 0 saturated heterocycles. The topological polar surface area (TPSA) is 113 Å². The van der Waals surface area contributed by atoms with E-state index in [-0.39, 0.29) is 22.0 Å². The van der Waals surface area contributed by atoms with Gasteiger partial charge in [0.05, 0.1) is 32.4 Å². The number of aliphatic imine (C=N–C) groups is 1. The van der Waals surface area contributed by atoms with Gasteiger partial charge in [-0.3, -0.25) is 24.7 Å². The van der Waals surface area contributed by atoms with Gasteiger partial charge < -0.3 is 5.11 Å². The van der Waals surface area contributed by atoms with Crippen LogP contribution in [-0.4, -0.2) is 28.1 Å². The molecule has 0 aliphatic carbocycles. The number of nitrogens with zero attached hydrogens (tertiary/aromatic N) is 3. The van der Waals surface area contributed by atoms with Crippen molar-refractivity contribution in [3.8, 4) is 5.75 Å². The predicted molar refractivity (Wildman–Crippen MR) is 119 cm³/mol. The number of hydrogen-bond acceptors (Lipinski definition) is 6. The van der Waals surface area contributed by atoms with Gasteiger partial charge in [-0.15, -0.1) is 0 Å². The summed E-state index contributed by atoms with van der Waals surface area (Å²) in [6, 6.07) is 13.6. The molecule has 0 radical (unpaired) electrons. The standard InChI is InChI=1S/C21H11BrClN3O5/c22-12-7-11(19(27)18(8-12)26(30)31)10-24-17-6-5-13(9-16(17)23)25-20(28)14-3-1-2-4-15(14)21(25)29/h1-10,27H. The van der Waals surface area contributed by atoms with E-state index in [1.807, 2.05) is 0 Å². The van der Waals surface area contributed by atoms with Crippen LogP contribution in [0.25, 0.3) is 0 Å². The van der Waals surface area contributed by atoms with E-state index < -0.39 is 28.2 Å². The highest BCUT2D eigenvalue weighted by atomic mass is 79.9. The zero-order chi connectivity index (χ0) is 22.3. The van der Waals surface area contributed by atoms with Crippen LogP contribution in [0.1, 0.15) is 26.3 Å². The summed E-state index contributed by atoms with van der Waals surface area (Å²) in [5.41, 5.74) is 0.847. The number of phenols is 1. The molecule has 0 spiro atoms. The zero-order valence-electron chi connectivity index (χ0n) is 15.5. The number of benzene rings is 3. The molecule has 4 rings (SSSR count). The zero-order valence-corrected chi connectivity index (χ0v) is 17.8. The van der Waals surface area contributed by atoms with Gasteiger partial charge >= 0.3 is 5.69 Å². The van der Waals surface area contributed by atoms with Crippen molar-refractivity contribution < 1.29 is 19.6 Å². The molecule has 0 fully saturated rings. The van der Waals surface area contributed by atoms with E-state index in [1.54, 1.807) is 24.3 Å². The van der Waals surface area contributed by atoms with Gasteiger partial charge in [0.1, 0.15) is 0 Å². The summed E-state index contributed by atoms with van der Waals surface area (Å²) in [5, 5.41) is 21.3. The number of nitro benzene ring substituents is 1. The summed E-state index contributed by atoms with van der Waals surface area (Å²) < 4.78 is 0.394. The molecule has 1 aliphatic rings. The molecule has 0 unspecified atom stereocenters. The minimum absolute atomic E-state index is 0.113. The number of phenolic OH excluding ortho intramolecular Hbond substituents is 1. The van der Waals surface area contributed by atoms with Crippen LogP contribution in [-0.2, 0) is 0 Å². The minimum Gasteiger partial charge on any atom is -0.502 e. The van der Waals surface area contributed by atoms with Crippen molar-refractivity contribution in [3.63, 3.8) is 0 Å². The highest BCUT2D eigenvalue weighted by Crippen LogP contribution is 2.35.